The average Bonchev–Trinajstić information content (AvgIpc) is 1.81. The van der Waals surface area contributed by atoms with Crippen LogP contribution in [0.5, 0.6) is 0 Å². The van der Waals surface area contributed by atoms with E-state index in [0.717, 1.165) is 0 Å². The van der Waals surface area contributed by atoms with E-state index in [9.17, 15) is 9.90 Å². The van der Waals surface area contributed by atoms with Gasteiger partial charge >= 0.3 is 6.03 Å². The number of rotatable bonds is 4. The Morgan fingerprint density at radius 3 is 2.38 bits per heavy atom. The zero-order chi connectivity index (χ0) is 10.5. The first kappa shape index (κ1) is 12.2. The summed E-state index contributed by atoms with van der Waals surface area (Å²) in [5.74, 6) is 0. The smallest absolute Gasteiger partial charge is 0.314 e. The molecule has 0 fully saturated rings. The Kier molecular flexibility index (Phi) is 4.77. The van der Waals surface area contributed by atoms with Crippen molar-refractivity contribution in [1.29, 1.82) is 0 Å². The lowest BCUT2D eigenvalue weighted by atomic mass is 10.1. The summed E-state index contributed by atoms with van der Waals surface area (Å²) < 4.78 is 0. The Morgan fingerprint density at radius 1 is 1.46 bits per heavy atom. The fourth-order valence-corrected chi connectivity index (χ4v) is 0.795. The molecular formula is C9H20N2O2. The lowest BCUT2D eigenvalue weighted by Gasteiger charge is -2.17. The minimum atomic E-state index is -0.717. The van der Waals surface area contributed by atoms with Crippen molar-refractivity contribution in [2.45, 2.75) is 45.8 Å². The number of urea groups is 1. The zero-order valence-electron chi connectivity index (χ0n) is 8.85. The van der Waals surface area contributed by atoms with Gasteiger partial charge in [-0.3, -0.25) is 0 Å². The van der Waals surface area contributed by atoms with Crippen molar-refractivity contribution in [2.24, 2.45) is 0 Å². The number of hydrogen-bond acceptors (Lipinski definition) is 2. The standard InChI is InChI=1S/C9H20N2O2/c1-7(2)11-8(12)10-6-5-9(3,4)13/h7,13H,5-6H2,1-4H3,(H2,10,11,12). The summed E-state index contributed by atoms with van der Waals surface area (Å²) in [7, 11) is 0. The van der Waals surface area contributed by atoms with Gasteiger partial charge in [0.25, 0.3) is 0 Å². The van der Waals surface area contributed by atoms with E-state index >= 15 is 0 Å². The molecule has 4 nitrogen and oxygen atoms in total. The highest BCUT2D eigenvalue weighted by Gasteiger charge is 2.12. The van der Waals surface area contributed by atoms with Gasteiger partial charge in [0.2, 0.25) is 0 Å². The lowest BCUT2D eigenvalue weighted by molar-refractivity contribution is 0.0719. The van der Waals surface area contributed by atoms with Crippen molar-refractivity contribution in [2.75, 3.05) is 6.54 Å². The molecule has 4 heteroatoms. The van der Waals surface area contributed by atoms with E-state index in [-0.39, 0.29) is 12.1 Å². The highest BCUT2D eigenvalue weighted by Crippen LogP contribution is 2.04. The molecule has 0 saturated heterocycles. The second kappa shape index (κ2) is 5.07. The van der Waals surface area contributed by atoms with Crippen LogP contribution in [0.4, 0.5) is 4.79 Å². The van der Waals surface area contributed by atoms with E-state index in [1.807, 2.05) is 13.8 Å². The normalized spacial score (nSPS) is 11.5. The van der Waals surface area contributed by atoms with Crippen LogP contribution in [-0.4, -0.2) is 29.3 Å². The van der Waals surface area contributed by atoms with E-state index in [1.165, 1.54) is 0 Å². The molecule has 0 aromatic carbocycles. The van der Waals surface area contributed by atoms with Gasteiger partial charge in [-0.2, -0.15) is 0 Å². The molecule has 0 bridgehead atoms. The quantitative estimate of drug-likeness (QED) is 0.612. The number of carbonyl (C=O) groups is 1. The highest BCUT2D eigenvalue weighted by atomic mass is 16.3. The van der Waals surface area contributed by atoms with Gasteiger partial charge in [0, 0.05) is 12.6 Å². The third-order valence-corrected chi connectivity index (χ3v) is 1.44. The molecule has 0 atom stereocenters. The van der Waals surface area contributed by atoms with Gasteiger partial charge < -0.3 is 15.7 Å². The van der Waals surface area contributed by atoms with Crippen molar-refractivity contribution in [3.05, 3.63) is 0 Å². The van der Waals surface area contributed by atoms with Crippen LogP contribution < -0.4 is 10.6 Å². The molecule has 78 valence electrons. The highest BCUT2D eigenvalue weighted by molar-refractivity contribution is 5.73. The third kappa shape index (κ3) is 9.14. The zero-order valence-corrected chi connectivity index (χ0v) is 8.85. The van der Waals surface area contributed by atoms with Gasteiger partial charge in [-0.05, 0) is 34.1 Å². The molecule has 0 aromatic rings. The Balaban J connectivity index is 3.49. The average molecular weight is 188 g/mol. The van der Waals surface area contributed by atoms with Crippen molar-refractivity contribution in [1.82, 2.24) is 10.6 Å². The molecule has 0 aliphatic heterocycles. The van der Waals surface area contributed by atoms with E-state index in [1.54, 1.807) is 13.8 Å². The summed E-state index contributed by atoms with van der Waals surface area (Å²) in [5.41, 5.74) is -0.717. The van der Waals surface area contributed by atoms with Crippen molar-refractivity contribution in [3.63, 3.8) is 0 Å². The second-order valence-corrected chi connectivity index (χ2v) is 4.12. The summed E-state index contributed by atoms with van der Waals surface area (Å²) in [5, 5.41) is 14.7. The van der Waals surface area contributed by atoms with Crippen LogP contribution in [0, 0.1) is 0 Å². The molecule has 0 aliphatic carbocycles. The van der Waals surface area contributed by atoms with Crippen molar-refractivity contribution >= 4 is 6.03 Å². The third-order valence-electron chi connectivity index (χ3n) is 1.44. The van der Waals surface area contributed by atoms with Crippen LogP contribution in [0.15, 0.2) is 0 Å². The van der Waals surface area contributed by atoms with Crippen LogP contribution in [-0.2, 0) is 0 Å². The molecule has 0 radical (unpaired) electrons. The summed E-state index contributed by atoms with van der Waals surface area (Å²) >= 11 is 0. The molecule has 3 N–H and O–H groups in total. The predicted octanol–water partition coefficient (Wildman–Crippen LogP) is 0.855. The Hall–Kier alpha value is -0.770. The molecule has 0 saturated carbocycles. The molecule has 0 heterocycles. The van der Waals surface area contributed by atoms with Gasteiger partial charge in [0.15, 0.2) is 0 Å². The maximum Gasteiger partial charge on any atom is 0.314 e. The molecular weight excluding hydrogens is 168 g/mol. The van der Waals surface area contributed by atoms with Crippen molar-refractivity contribution in [3.8, 4) is 0 Å². The van der Waals surface area contributed by atoms with E-state index in [0.29, 0.717) is 13.0 Å². The number of carbonyl (C=O) groups excluding carboxylic acids is 1. The fraction of sp³-hybridized carbons (Fsp3) is 0.889. The van der Waals surface area contributed by atoms with E-state index in [4.69, 9.17) is 0 Å². The Labute approximate surface area is 79.7 Å². The minimum absolute atomic E-state index is 0.141. The maximum absolute atomic E-state index is 11.0. The fourth-order valence-electron chi connectivity index (χ4n) is 0.795. The number of aliphatic hydroxyl groups is 1. The monoisotopic (exact) mass is 188 g/mol. The Bertz CT molecular complexity index is 161. The maximum atomic E-state index is 11.0. The van der Waals surface area contributed by atoms with Gasteiger partial charge in [-0.15, -0.1) is 0 Å². The van der Waals surface area contributed by atoms with Gasteiger partial charge in [0.1, 0.15) is 0 Å². The van der Waals surface area contributed by atoms with Gasteiger partial charge in [0.05, 0.1) is 5.60 Å². The van der Waals surface area contributed by atoms with Gasteiger partial charge in [-0.1, -0.05) is 0 Å². The summed E-state index contributed by atoms with van der Waals surface area (Å²) in [6.45, 7) is 7.72. The van der Waals surface area contributed by atoms with Crippen LogP contribution in [0.3, 0.4) is 0 Å². The van der Waals surface area contributed by atoms with Gasteiger partial charge in [-0.25, -0.2) is 4.79 Å². The molecule has 0 unspecified atom stereocenters. The first-order chi connectivity index (χ1) is 5.81. The molecule has 0 aliphatic rings. The van der Waals surface area contributed by atoms with E-state index < -0.39 is 5.60 Å². The van der Waals surface area contributed by atoms with Crippen LogP contribution in [0.2, 0.25) is 0 Å². The predicted molar refractivity (Wildman–Crippen MR) is 52.6 cm³/mol. The van der Waals surface area contributed by atoms with Crippen LogP contribution in [0.1, 0.15) is 34.1 Å². The second-order valence-electron chi connectivity index (χ2n) is 4.12. The van der Waals surface area contributed by atoms with Crippen LogP contribution >= 0.6 is 0 Å². The number of hydrogen-bond donors (Lipinski definition) is 3. The number of nitrogens with one attached hydrogen (secondary N) is 2. The lowest BCUT2D eigenvalue weighted by Crippen LogP contribution is -2.41. The summed E-state index contributed by atoms with van der Waals surface area (Å²) in [6, 6.07) is -0.0404. The SMILES string of the molecule is CC(C)NC(=O)NCCC(C)(C)O. The van der Waals surface area contributed by atoms with Crippen LogP contribution in [0.25, 0.3) is 0 Å². The molecule has 13 heavy (non-hydrogen) atoms. The minimum Gasteiger partial charge on any atom is -0.390 e. The number of amides is 2. The molecule has 0 rings (SSSR count). The summed E-state index contributed by atoms with van der Waals surface area (Å²) in [6.07, 6.45) is 0.554. The first-order valence-corrected chi connectivity index (χ1v) is 4.58. The molecule has 0 spiro atoms. The topological polar surface area (TPSA) is 61.4 Å². The molecule has 2 amide bonds. The first-order valence-electron chi connectivity index (χ1n) is 4.58. The largest absolute Gasteiger partial charge is 0.390 e. The Morgan fingerprint density at radius 2 is 2.00 bits per heavy atom. The molecule has 0 aromatic heterocycles. The van der Waals surface area contributed by atoms with Crippen molar-refractivity contribution < 1.29 is 9.90 Å². The van der Waals surface area contributed by atoms with E-state index in [2.05, 4.69) is 10.6 Å². The summed E-state index contributed by atoms with van der Waals surface area (Å²) in [4.78, 5) is 11.0.